The molecule has 1 aliphatic rings. The van der Waals surface area contributed by atoms with Gasteiger partial charge < -0.3 is 14.7 Å². The topological polar surface area (TPSA) is 39.7 Å². The fourth-order valence-corrected chi connectivity index (χ4v) is 4.02. The zero-order chi connectivity index (χ0) is 17.8. The summed E-state index contributed by atoms with van der Waals surface area (Å²) in [5.41, 5.74) is 2.00. The first-order valence-corrected chi connectivity index (χ1v) is 9.63. The summed E-state index contributed by atoms with van der Waals surface area (Å²) in [5.74, 6) is 0.160. The summed E-state index contributed by atoms with van der Waals surface area (Å²) in [6.45, 7) is 3.95. The quantitative estimate of drug-likeness (QED) is 0.802. The summed E-state index contributed by atoms with van der Waals surface area (Å²) in [6.07, 6.45) is 0.390. The molecule has 0 bridgehead atoms. The second-order valence-corrected chi connectivity index (χ2v) is 7.87. The van der Waals surface area contributed by atoms with Gasteiger partial charge in [-0.15, -0.1) is 11.3 Å². The van der Waals surface area contributed by atoms with Gasteiger partial charge in [-0.3, -0.25) is 4.79 Å². The molecule has 0 spiro atoms. The maximum absolute atomic E-state index is 12.5. The molecule has 134 valence electrons. The lowest BCUT2D eigenvalue weighted by atomic mass is 10.2. The molecule has 5 nitrogen and oxygen atoms in total. The van der Waals surface area contributed by atoms with Crippen LogP contribution in [0.5, 0.6) is 0 Å². The molecule has 1 aromatic heterocycles. The number of anilines is 1. The van der Waals surface area contributed by atoms with Crippen molar-refractivity contribution in [1.82, 2.24) is 14.8 Å². The number of thiazole rings is 1. The van der Waals surface area contributed by atoms with Crippen molar-refractivity contribution in [2.45, 2.75) is 13.0 Å². The highest BCUT2D eigenvalue weighted by Gasteiger charge is 2.22. The van der Waals surface area contributed by atoms with Crippen LogP contribution in [0.3, 0.4) is 0 Å². The molecule has 0 radical (unpaired) electrons. The van der Waals surface area contributed by atoms with Gasteiger partial charge in [-0.05, 0) is 32.3 Å². The number of amides is 1. The van der Waals surface area contributed by atoms with Crippen LogP contribution in [0.25, 0.3) is 0 Å². The minimum absolute atomic E-state index is 0.160. The molecule has 0 unspecified atom stereocenters. The van der Waals surface area contributed by atoms with E-state index < -0.39 is 0 Å². The number of piperazine rings is 1. The number of hydrogen-bond donors (Lipinski definition) is 0. The van der Waals surface area contributed by atoms with Gasteiger partial charge in [-0.1, -0.05) is 17.7 Å². The standard InChI is InChI=1S/C18H23ClN4OS/c1-21(2)12-17-20-15(13-25-17)11-18(24)23-8-6-22(7-9-23)16-5-3-4-14(19)10-16/h3-5,10,13H,6-9,11-12H2,1-2H3. The van der Waals surface area contributed by atoms with Crippen molar-refractivity contribution < 1.29 is 4.79 Å². The first kappa shape index (κ1) is 18.2. The summed E-state index contributed by atoms with van der Waals surface area (Å²) in [7, 11) is 4.04. The van der Waals surface area contributed by atoms with E-state index in [9.17, 15) is 4.79 Å². The van der Waals surface area contributed by atoms with Crippen LogP contribution in [0.1, 0.15) is 10.7 Å². The molecule has 0 N–H and O–H groups in total. The average molecular weight is 379 g/mol. The third kappa shape index (κ3) is 4.93. The van der Waals surface area contributed by atoms with Gasteiger partial charge in [-0.2, -0.15) is 0 Å². The van der Waals surface area contributed by atoms with E-state index in [0.717, 1.165) is 54.1 Å². The number of aromatic nitrogens is 1. The van der Waals surface area contributed by atoms with Crippen molar-refractivity contribution in [1.29, 1.82) is 0 Å². The van der Waals surface area contributed by atoms with Crippen molar-refractivity contribution in [3.63, 3.8) is 0 Å². The molecule has 7 heteroatoms. The fraction of sp³-hybridized carbons (Fsp3) is 0.444. The summed E-state index contributed by atoms with van der Waals surface area (Å²) >= 11 is 7.69. The second-order valence-electron chi connectivity index (χ2n) is 6.49. The monoisotopic (exact) mass is 378 g/mol. The van der Waals surface area contributed by atoms with Gasteiger partial charge in [0.15, 0.2) is 0 Å². The Morgan fingerprint density at radius 2 is 2.04 bits per heavy atom. The van der Waals surface area contributed by atoms with Gasteiger partial charge >= 0.3 is 0 Å². The van der Waals surface area contributed by atoms with Crippen molar-refractivity contribution in [3.05, 3.63) is 45.4 Å². The molecule has 0 aliphatic carbocycles. The molecule has 1 fully saturated rings. The SMILES string of the molecule is CN(C)Cc1nc(CC(=O)N2CCN(c3cccc(Cl)c3)CC2)cs1. The highest BCUT2D eigenvalue weighted by molar-refractivity contribution is 7.09. The maximum Gasteiger partial charge on any atom is 0.228 e. The molecule has 0 saturated carbocycles. The smallest absolute Gasteiger partial charge is 0.228 e. The third-order valence-corrected chi connectivity index (χ3v) is 5.31. The largest absolute Gasteiger partial charge is 0.368 e. The Bertz CT molecular complexity index is 725. The van der Waals surface area contributed by atoms with Gasteiger partial charge in [0.05, 0.1) is 12.1 Å². The van der Waals surface area contributed by atoms with E-state index in [1.165, 1.54) is 0 Å². The Hall–Kier alpha value is -1.63. The summed E-state index contributed by atoms with van der Waals surface area (Å²) in [6, 6.07) is 7.87. The molecule has 1 saturated heterocycles. The lowest BCUT2D eigenvalue weighted by Gasteiger charge is -2.36. The van der Waals surface area contributed by atoms with E-state index >= 15 is 0 Å². The fourth-order valence-electron chi connectivity index (χ4n) is 2.93. The predicted molar refractivity (Wildman–Crippen MR) is 103 cm³/mol. The molecule has 2 heterocycles. The minimum Gasteiger partial charge on any atom is -0.368 e. The van der Waals surface area contributed by atoms with Crippen LogP contribution in [0.4, 0.5) is 5.69 Å². The van der Waals surface area contributed by atoms with Gasteiger partial charge in [0.2, 0.25) is 5.91 Å². The number of benzene rings is 1. The van der Waals surface area contributed by atoms with Gasteiger partial charge in [-0.25, -0.2) is 4.98 Å². The predicted octanol–water partition coefficient (Wildman–Crippen LogP) is 2.75. The van der Waals surface area contributed by atoms with Crippen molar-refractivity contribution in [2.75, 3.05) is 45.2 Å². The number of nitrogens with zero attached hydrogens (tertiary/aromatic N) is 4. The van der Waals surface area contributed by atoms with E-state index in [4.69, 9.17) is 11.6 Å². The Labute approximate surface area is 157 Å². The lowest BCUT2D eigenvalue weighted by Crippen LogP contribution is -2.49. The van der Waals surface area contributed by atoms with Crippen LogP contribution in [0, 0.1) is 0 Å². The molecule has 1 aliphatic heterocycles. The van der Waals surface area contributed by atoms with E-state index in [0.29, 0.717) is 6.42 Å². The number of halogens is 1. The van der Waals surface area contributed by atoms with Gasteiger partial charge in [0, 0.05) is 48.8 Å². The number of rotatable bonds is 5. The van der Waals surface area contributed by atoms with Gasteiger partial charge in [0.1, 0.15) is 5.01 Å². The highest BCUT2D eigenvalue weighted by atomic mass is 35.5. The molecule has 1 amide bonds. The van der Waals surface area contributed by atoms with E-state index in [1.807, 2.05) is 42.6 Å². The molecule has 25 heavy (non-hydrogen) atoms. The van der Waals surface area contributed by atoms with E-state index in [-0.39, 0.29) is 5.91 Å². The highest BCUT2D eigenvalue weighted by Crippen LogP contribution is 2.21. The Morgan fingerprint density at radius 3 is 2.72 bits per heavy atom. The van der Waals surface area contributed by atoms with Crippen LogP contribution < -0.4 is 4.90 Å². The Kier molecular flexibility index (Phi) is 5.93. The van der Waals surface area contributed by atoms with E-state index in [1.54, 1.807) is 11.3 Å². The molecule has 1 aromatic carbocycles. The Morgan fingerprint density at radius 1 is 1.28 bits per heavy atom. The van der Waals surface area contributed by atoms with Crippen molar-refractivity contribution in [3.8, 4) is 0 Å². The zero-order valence-corrected chi connectivity index (χ0v) is 16.2. The second kappa shape index (κ2) is 8.17. The van der Waals surface area contributed by atoms with Crippen LogP contribution in [0.2, 0.25) is 5.02 Å². The first-order chi connectivity index (χ1) is 12.0. The Balaban J connectivity index is 1.52. The first-order valence-electron chi connectivity index (χ1n) is 8.37. The summed E-state index contributed by atoms with van der Waals surface area (Å²) < 4.78 is 0. The number of carbonyl (C=O) groups excluding carboxylic acids is 1. The number of hydrogen-bond acceptors (Lipinski definition) is 5. The van der Waals surface area contributed by atoms with Gasteiger partial charge in [0.25, 0.3) is 0 Å². The number of carbonyl (C=O) groups is 1. The minimum atomic E-state index is 0.160. The summed E-state index contributed by atoms with van der Waals surface area (Å²) in [5, 5.41) is 3.80. The molecule has 3 rings (SSSR count). The van der Waals surface area contributed by atoms with Crippen LogP contribution in [-0.2, 0) is 17.8 Å². The van der Waals surface area contributed by atoms with E-state index in [2.05, 4.69) is 20.9 Å². The van der Waals surface area contributed by atoms with Crippen molar-refractivity contribution >= 4 is 34.5 Å². The molecular weight excluding hydrogens is 356 g/mol. The lowest BCUT2D eigenvalue weighted by molar-refractivity contribution is -0.130. The normalized spacial score (nSPS) is 15.0. The van der Waals surface area contributed by atoms with Crippen molar-refractivity contribution in [2.24, 2.45) is 0 Å². The average Bonchev–Trinajstić information content (AvgIpc) is 3.01. The molecule has 2 aromatic rings. The van der Waals surface area contributed by atoms with Crippen LogP contribution in [-0.4, -0.2) is 61.0 Å². The van der Waals surface area contributed by atoms with Crippen LogP contribution in [0.15, 0.2) is 29.6 Å². The molecule has 0 atom stereocenters. The summed E-state index contributed by atoms with van der Waals surface area (Å²) in [4.78, 5) is 23.4. The third-order valence-electron chi connectivity index (χ3n) is 4.19. The zero-order valence-electron chi connectivity index (χ0n) is 14.6. The van der Waals surface area contributed by atoms with Crippen LogP contribution >= 0.6 is 22.9 Å². The maximum atomic E-state index is 12.5. The molecular formula is C18H23ClN4OS.